The number of ether oxygens (including phenoxy) is 2. The number of ketones is 1. The molecule has 0 saturated heterocycles. The summed E-state index contributed by atoms with van der Waals surface area (Å²) in [7, 11) is 1.51. The van der Waals surface area contributed by atoms with E-state index in [1.54, 1.807) is 30.3 Å². The Morgan fingerprint density at radius 3 is 2.36 bits per heavy atom. The Hall–Kier alpha value is -3.62. The fourth-order valence-corrected chi connectivity index (χ4v) is 2.17. The predicted octanol–water partition coefficient (Wildman–Crippen LogP) is 0.949. The van der Waals surface area contributed by atoms with Crippen LogP contribution in [0.3, 0.4) is 0 Å². The Labute approximate surface area is 161 Å². The third kappa shape index (κ3) is 5.97. The molecular formula is C19H20N2O7. The van der Waals surface area contributed by atoms with Gasteiger partial charge in [-0.15, -0.1) is 0 Å². The number of amides is 2. The number of carbonyl (C=O) groups excluding carboxylic acids is 4. The van der Waals surface area contributed by atoms with Crippen LogP contribution in [-0.2, 0) is 14.3 Å². The van der Waals surface area contributed by atoms with E-state index in [1.165, 1.54) is 26.4 Å². The van der Waals surface area contributed by atoms with Crippen LogP contribution in [0.4, 0.5) is 0 Å². The van der Waals surface area contributed by atoms with Crippen LogP contribution in [0.15, 0.2) is 47.1 Å². The van der Waals surface area contributed by atoms with Gasteiger partial charge in [-0.1, -0.05) is 0 Å². The van der Waals surface area contributed by atoms with Crippen LogP contribution in [-0.4, -0.2) is 49.9 Å². The lowest BCUT2D eigenvalue weighted by Crippen LogP contribution is -2.40. The third-order valence-corrected chi connectivity index (χ3v) is 3.64. The number of hydrogen-bond acceptors (Lipinski definition) is 7. The first kappa shape index (κ1) is 20.7. The largest absolute Gasteiger partial charge is 0.497 e. The average molecular weight is 388 g/mol. The minimum Gasteiger partial charge on any atom is -0.497 e. The topological polar surface area (TPSA) is 124 Å². The van der Waals surface area contributed by atoms with Crippen molar-refractivity contribution in [3.8, 4) is 5.75 Å². The van der Waals surface area contributed by atoms with E-state index in [-0.39, 0.29) is 18.1 Å². The molecule has 9 nitrogen and oxygen atoms in total. The minimum absolute atomic E-state index is 0.0677. The van der Waals surface area contributed by atoms with E-state index < -0.39 is 30.4 Å². The smallest absolute Gasteiger partial charge is 0.326 e. The van der Waals surface area contributed by atoms with Crippen molar-refractivity contribution in [3.05, 3.63) is 54.0 Å². The van der Waals surface area contributed by atoms with E-state index in [0.29, 0.717) is 11.3 Å². The summed E-state index contributed by atoms with van der Waals surface area (Å²) in [6.07, 6.45) is 0.316. The summed E-state index contributed by atoms with van der Waals surface area (Å²) in [5.74, 6) is -1.64. The molecule has 28 heavy (non-hydrogen) atoms. The lowest BCUT2D eigenvalue weighted by atomic mass is 10.1. The van der Waals surface area contributed by atoms with Crippen molar-refractivity contribution in [2.45, 2.75) is 13.0 Å². The van der Waals surface area contributed by atoms with E-state index in [1.807, 2.05) is 0 Å². The summed E-state index contributed by atoms with van der Waals surface area (Å²) in [5.41, 5.74) is 0.366. The normalized spacial score (nSPS) is 11.2. The number of hydrogen-bond donors (Lipinski definition) is 2. The summed E-state index contributed by atoms with van der Waals surface area (Å²) in [5, 5.41) is 4.63. The third-order valence-electron chi connectivity index (χ3n) is 3.64. The highest BCUT2D eigenvalue weighted by Crippen LogP contribution is 2.13. The second-order valence-corrected chi connectivity index (χ2v) is 5.66. The molecule has 0 bridgehead atoms. The van der Waals surface area contributed by atoms with Crippen molar-refractivity contribution in [2.24, 2.45) is 0 Å². The number of furan rings is 1. The second-order valence-electron chi connectivity index (χ2n) is 5.66. The van der Waals surface area contributed by atoms with Crippen LogP contribution in [0.5, 0.6) is 5.75 Å². The fraction of sp³-hybridized carbons (Fsp3) is 0.263. The first-order valence-corrected chi connectivity index (χ1v) is 8.37. The zero-order valence-electron chi connectivity index (χ0n) is 15.4. The van der Waals surface area contributed by atoms with Gasteiger partial charge in [-0.2, -0.15) is 0 Å². The number of benzene rings is 1. The van der Waals surface area contributed by atoms with E-state index in [2.05, 4.69) is 10.6 Å². The van der Waals surface area contributed by atoms with Gasteiger partial charge in [0.05, 0.1) is 19.9 Å². The Bertz CT molecular complexity index is 828. The number of methoxy groups -OCH3 is 1. The van der Waals surface area contributed by atoms with Crippen molar-refractivity contribution in [1.29, 1.82) is 0 Å². The zero-order chi connectivity index (χ0) is 20.5. The monoisotopic (exact) mass is 388 g/mol. The van der Waals surface area contributed by atoms with Gasteiger partial charge >= 0.3 is 5.97 Å². The van der Waals surface area contributed by atoms with Crippen LogP contribution in [0.25, 0.3) is 0 Å². The molecule has 2 aromatic rings. The van der Waals surface area contributed by atoms with Gasteiger partial charge in [0.15, 0.2) is 11.9 Å². The first-order valence-electron chi connectivity index (χ1n) is 8.37. The number of rotatable bonds is 9. The van der Waals surface area contributed by atoms with Gasteiger partial charge in [-0.25, -0.2) is 0 Å². The Balaban J connectivity index is 1.72. The highest BCUT2D eigenvalue weighted by Gasteiger charge is 2.20. The maximum Gasteiger partial charge on any atom is 0.326 e. The van der Waals surface area contributed by atoms with Crippen molar-refractivity contribution >= 4 is 23.6 Å². The highest BCUT2D eigenvalue weighted by molar-refractivity contribution is 6.00. The maximum absolute atomic E-state index is 12.2. The highest BCUT2D eigenvalue weighted by atomic mass is 16.5. The molecule has 2 rings (SSSR count). The molecule has 1 heterocycles. The van der Waals surface area contributed by atoms with Gasteiger partial charge in [0.1, 0.15) is 12.3 Å². The molecule has 0 fully saturated rings. The molecule has 0 spiro atoms. The number of Topliss-reactive ketones (excluding diaryl/α,β-unsaturated/α-hetero) is 1. The van der Waals surface area contributed by atoms with E-state index in [4.69, 9.17) is 13.9 Å². The molecule has 1 atom stereocenters. The van der Waals surface area contributed by atoms with Gasteiger partial charge in [0, 0.05) is 5.56 Å². The molecule has 2 amide bonds. The van der Waals surface area contributed by atoms with E-state index in [0.717, 1.165) is 0 Å². The Morgan fingerprint density at radius 2 is 1.75 bits per heavy atom. The second kappa shape index (κ2) is 9.91. The fourth-order valence-electron chi connectivity index (χ4n) is 2.17. The average Bonchev–Trinajstić information content (AvgIpc) is 3.25. The Kier molecular flexibility index (Phi) is 7.32. The van der Waals surface area contributed by atoms with Crippen LogP contribution in [0, 0.1) is 0 Å². The first-order chi connectivity index (χ1) is 13.4. The lowest BCUT2D eigenvalue weighted by molar-refractivity contribution is -0.146. The van der Waals surface area contributed by atoms with E-state index >= 15 is 0 Å². The molecule has 2 N–H and O–H groups in total. The molecule has 1 aromatic carbocycles. The van der Waals surface area contributed by atoms with Crippen molar-refractivity contribution in [1.82, 2.24) is 10.6 Å². The van der Waals surface area contributed by atoms with Gasteiger partial charge in [0.2, 0.25) is 11.7 Å². The summed E-state index contributed by atoms with van der Waals surface area (Å²) in [6.45, 7) is 0.665. The zero-order valence-corrected chi connectivity index (χ0v) is 15.4. The molecule has 0 aliphatic carbocycles. The van der Waals surface area contributed by atoms with Crippen LogP contribution >= 0.6 is 0 Å². The quantitative estimate of drug-likeness (QED) is 0.484. The molecular weight excluding hydrogens is 368 g/mol. The maximum atomic E-state index is 12.2. The van der Waals surface area contributed by atoms with Gasteiger partial charge in [-0.05, 0) is 43.3 Å². The lowest BCUT2D eigenvalue weighted by Gasteiger charge is -2.13. The summed E-state index contributed by atoms with van der Waals surface area (Å²) < 4.78 is 14.9. The summed E-state index contributed by atoms with van der Waals surface area (Å²) >= 11 is 0. The predicted molar refractivity (Wildman–Crippen MR) is 96.9 cm³/mol. The van der Waals surface area contributed by atoms with Crippen molar-refractivity contribution in [2.75, 3.05) is 20.2 Å². The molecule has 9 heteroatoms. The minimum atomic E-state index is -1.02. The molecule has 0 aliphatic rings. The van der Waals surface area contributed by atoms with Crippen LogP contribution in [0.2, 0.25) is 0 Å². The summed E-state index contributed by atoms with van der Waals surface area (Å²) in [4.78, 5) is 47.4. The van der Waals surface area contributed by atoms with Gasteiger partial charge in [-0.3, -0.25) is 19.2 Å². The molecule has 0 aliphatic heterocycles. The molecule has 0 unspecified atom stereocenters. The van der Waals surface area contributed by atoms with Crippen molar-refractivity contribution < 1.29 is 33.1 Å². The SMILES string of the molecule is COc1ccc(C(=O)[C@H](C)OC(=O)CNC(=O)CNC(=O)c2ccco2)cc1. The Morgan fingerprint density at radius 1 is 1.04 bits per heavy atom. The summed E-state index contributed by atoms with van der Waals surface area (Å²) in [6, 6.07) is 9.37. The molecule has 0 saturated carbocycles. The van der Waals surface area contributed by atoms with Gasteiger partial charge in [0.25, 0.3) is 5.91 Å². The number of carbonyl (C=O) groups is 4. The number of nitrogens with one attached hydrogen (secondary N) is 2. The standard InChI is InChI=1S/C19H20N2O7/c1-12(18(24)13-5-7-14(26-2)8-6-13)28-17(23)11-20-16(22)10-21-19(25)15-4-3-9-27-15/h3-9,12H,10-11H2,1-2H3,(H,20,22)(H,21,25)/t12-/m0/s1. The molecule has 0 radical (unpaired) electrons. The molecule has 148 valence electrons. The van der Waals surface area contributed by atoms with Crippen LogP contribution < -0.4 is 15.4 Å². The van der Waals surface area contributed by atoms with Gasteiger partial charge < -0.3 is 24.5 Å². The van der Waals surface area contributed by atoms with Crippen LogP contribution in [0.1, 0.15) is 27.8 Å². The number of esters is 1. The van der Waals surface area contributed by atoms with E-state index in [9.17, 15) is 19.2 Å². The molecule has 1 aromatic heterocycles. The van der Waals surface area contributed by atoms with Crippen molar-refractivity contribution in [3.63, 3.8) is 0 Å².